The molecule has 1 heterocycles. The van der Waals surface area contributed by atoms with Crippen LogP contribution in [0.4, 0.5) is 0 Å². The lowest BCUT2D eigenvalue weighted by molar-refractivity contribution is 0.681. The SMILES string of the molecule is C1=CCC2C(=C1)C(c1ccccc1)(c1ccc(CC3c4ccccc4-c4ccccc43)cc1)c1nc(-c3ccccc3)nc(-c3cccc4ccccc34)c12. The molecule has 0 saturated carbocycles. The van der Waals surface area contributed by atoms with E-state index >= 15 is 0 Å². The molecule has 55 heavy (non-hydrogen) atoms. The first-order valence-electron chi connectivity index (χ1n) is 19.5. The molecular formula is C53H38N2. The van der Waals surface area contributed by atoms with Crippen molar-refractivity contribution in [3.63, 3.8) is 0 Å². The second-order valence-corrected chi connectivity index (χ2v) is 15.1. The molecule has 2 atom stereocenters. The van der Waals surface area contributed by atoms with Gasteiger partial charge in [0.15, 0.2) is 5.82 Å². The first-order chi connectivity index (χ1) is 27.3. The van der Waals surface area contributed by atoms with Gasteiger partial charge in [-0.25, -0.2) is 9.97 Å². The van der Waals surface area contributed by atoms with Crippen molar-refractivity contribution in [2.45, 2.75) is 30.1 Å². The highest BCUT2D eigenvalue weighted by Gasteiger charge is 2.53. The highest BCUT2D eigenvalue weighted by atomic mass is 14.9. The van der Waals surface area contributed by atoms with Gasteiger partial charge in [-0.3, -0.25) is 0 Å². The number of benzene rings is 7. The third kappa shape index (κ3) is 4.88. The van der Waals surface area contributed by atoms with Crippen LogP contribution in [-0.4, -0.2) is 9.97 Å². The molecule has 2 nitrogen and oxygen atoms in total. The molecule has 1 aromatic heterocycles. The van der Waals surface area contributed by atoms with Crippen molar-refractivity contribution in [3.8, 4) is 33.8 Å². The fourth-order valence-corrected chi connectivity index (χ4v) is 9.93. The summed E-state index contributed by atoms with van der Waals surface area (Å²) in [6, 6.07) is 64.3. The van der Waals surface area contributed by atoms with Gasteiger partial charge in [0.25, 0.3) is 0 Å². The van der Waals surface area contributed by atoms with Crippen LogP contribution in [0.2, 0.25) is 0 Å². The van der Waals surface area contributed by atoms with Crippen molar-refractivity contribution >= 4 is 10.8 Å². The van der Waals surface area contributed by atoms with Gasteiger partial charge in [-0.2, -0.15) is 0 Å². The molecule has 0 saturated heterocycles. The molecule has 0 fully saturated rings. The Kier molecular flexibility index (Phi) is 7.38. The number of allylic oxidation sites excluding steroid dienone is 4. The van der Waals surface area contributed by atoms with Gasteiger partial charge >= 0.3 is 0 Å². The van der Waals surface area contributed by atoms with Crippen LogP contribution in [-0.2, 0) is 11.8 Å². The minimum atomic E-state index is -0.608. The van der Waals surface area contributed by atoms with Crippen molar-refractivity contribution in [2.75, 3.05) is 0 Å². The summed E-state index contributed by atoms with van der Waals surface area (Å²) in [5, 5.41) is 2.42. The maximum Gasteiger partial charge on any atom is 0.160 e. The van der Waals surface area contributed by atoms with Crippen molar-refractivity contribution in [3.05, 3.63) is 239 Å². The summed E-state index contributed by atoms with van der Waals surface area (Å²) in [6.07, 6.45) is 8.79. The Morgan fingerprint density at radius 2 is 1.16 bits per heavy atom. The monoisotopic (exact) mass is 702 g/mol. The standard InChI is InChI=1S/C53H38N2/c1-3-17-37(18-4-1)52-54-50(45-28-15-19-36-16-7-8-22-40(36)45)49-46-27-13-14-29-48(46)53(51(49)55-52,38-20-5-2-6-21-38)39-32-30-35(31-33-39)34-47-43-25-11-9-23-41(43)42-24-10-12-26-44(42)47/h1-26,28-33,46-47H,27,34H2. The quantitative estimate of drug-likeness (QED) is 0.172. The van der Waals surface area contributed by atoms with Gasteiger partial charge in [0.05, 0.1) is 16.8 Å². The molecule has 3 aliphatic rings. The van der Waals surface area contributed by atoms with Gasteiger partial charge in [-0.15, -0.1) is 0 Å². The molecular weight excluding hydrogens is 665 g/mol. The Labute approximate surface area is 322 Å². The van der Waals surface area contributed by atoms with E-state index in [2.05, 4.69) is 194 Å². The van der Waals surface area contributed by atoms with Crippen LogP contribution in [0.5, 0.6) is 0 Å². The lowest BCUT2D eigenvalue weighted by atomic mass is 9.67. The summed E-state index contributed by atoms with van der Waals surface area (Å²) in [5.74, 6) is 1.21. The molecule has 2 unspecified atom stereocenters. The zero-order valence-corrected chi connectivity index (χ0v) is 30.4. The summed E-state index contributed by atoms with van der Waals surface area (Å²) in [6.45, 7) is 0. The van der Waals surface area contributed by atoms with Crippen LogP contribution >= 0.6 is 0 Å². The normalized spacial score (nSPS) is 18.0. The topological polar surface area (TPSA) is 25.8 Å². The lowest BCUT2D eigenvalue weighted by Gasteiger charge is -2.35. The smallest absolute Gasteiger partial charge is 0.160 e. The van der Waals surface area contributed by atoms with E-state index in [-0.39, 0.29) is 5.92 Å². The van der Waals surface area contributed by atoms with E-state index in [0.29, 0.717) is 5.92 Å². The fraction of sp³-hybridized carbons (Fsp3) is 0.0943. The molecule has 260 valence electrons. The van der Waals surface area contributed by atoms with Crippen molar-refractivity contribution in [1.29, 1.82) is 0 Å². The average Bonchev–Trinajstić information content (AvgIpc) is 3.74. The predicted molar refractivity (Wildman–Crippen MR) is 225 cm³/mol. The maximum atomic E-state index is 5.70. The molecule has 0 radical (unpaired) electrons. The largest absolute Gasteiger partial charge is 0.231 e. The van der Waals surface area contributed by atoms with Crippen LogP contribution < -0.4 is 0 Å². The van der Waals surface area contributed by atoms with Crippen molar-refractivity contribution in [1.82, 2.24) is 9.97 Å². The highest BCUT2D eigenvalue weighted by molar-refractivity contribution is 5.97. The van der Waals surface area contributed by atoms with Crippen molar-refractivity contribution < 1.29 is 0 Å². The van der Waals surface area contributed by atoms with Gasteiger partial charge in [0.2, 0.25) is 0 Å². The van der Waals surface area contributed by atoms with E-state index in [1.807, 2.05) is 0 Å². The average molecular weight is 703 g/mol. The molecule has 2 heteroatoms. The third-order valence-electron chi connectivity index (χ3n) is 12.3. The summed E-state index contributed by atoms with van der Waals surface area (Å²) in [4.78, 5) is 11.2. The van der Waals surface area contributed by atoms with E-state index < -0.39 is 5.41 Å². The Hall–Kier alpha value is -6.64. The van der Waals surface area contributed by atoms with E-state index in [9.17, 15) is 0 Å². The van der Waals surface area contributed by atoms with Crippen LogP contribution in [0.25, 0.3) is 44.5 Å². The molecule has 11 rings (SSSR count). The van der Waals surface area contributed by atoms with E-state index in [0.717, 1.165) is 41.2 Å². The number of fused-ring (bicyclic) bond motifs is 7. The summed E-state index contributed by atoms with van der Waals surface area (Å²) >= 11 is 0. The zero-order valence-electron chi connectivity index (χ0n) is 30.4. The minimum Gasteiger partial charge on any atom is -0.231 e. The van der Waals surface area contributed by atoms with Gasteiger partial charge < -0.3 is 0 Å². The number of rotatable bonds is 6. The number of hydrogen-bond donors (Lipinski definition) is 0. The predicted octanol–water partition coefficient (Wildman–Crippen LogP) is 12.6. The lowest BCUT2D eigenvalue weighted by Crippen LogP contribution is -2.31. The molecule has 0 amide bonds. The van der Waals surface area contributed by atoms with Crippen LogP contribution in [0.3, 0.4) is 0 Å². The van der Waals surface area contributed by atoms with Gasteiger partial charge in [0.1, 0.15) is 0 Å². The fourth-order valence-electron chi connectivity index (χ4n) is 9.93. The van der Waals surface area contributed by atoms with Gasteiger partial charge in [0, 0.05) is 28.5 Å². The number of aromatic nitrogens is 2. The minimum absolute atomic E-state index is 0.130. The second kappa shape index (κ2) is 12.7. The summed E-state index contributed by atoms with van der Waals surface area (Å²) in [7, 11) is 0. The second-order valence-electron chi connectivity index (χ2n) is 15.1. The first-order valence-corrected chi connectivity index (χ1v) is 19.5. The van der Waals surface area contributed by atoms with Crippen LogP contribution in [0.15, 0.2) is 200 Å². The van der Waals surface area contributed by atoms with Crippen LogP contribution in [0.1, 0.15) is 57.3 Å². The molecule has 8 aromatic rings. The van der Waals surface area contributed by atoms with Gasteiger partial charge in [-0.05, 0) is 68.1 Å². The van der Waals surface area contributed by atoms with Gasteiger partial charge in [-0.1, -0.05) is 194 Å². The molecule has 0 aliphatic heterocycles. The molecule has 3 aliphatic carbocycles. The highest BCUT2D eigenvalue weighted by Crippen LogP contribution is 2.61. The van der Waals surface area contributed by atoms with Crippen molar-refractivity contribution in [2.24, 2.45) is 0 Å². The van der Waals surface area contributed by atoms with E-state index in [1.165, 1.54) is 60.9 Å². The Morgan fingerprint density at radius 1 is 0.545 bits per heavy atom. The Balaban J connectivity index is 1.14. The third-order valence-corrected chi connectivity index (χ3v) is 12.3. The molecule has 0 spiro atoms. The summed E-state index contributed by atoms with van der Waals surface area (Å²) < 4.78 is 0. The Morgan fingerprint density at radius 3 is 1.93 bits per heavy atom. The first kappa shape index (κ1) is 31.8. The van der Waals surface area contributed by atoms with E-state index in [1.54, 1.807) is 0 Å². The van der Waals surface area contributed by atoms with Crippen LogP contribution in [0, 0.1) is 0 Å². The maximum absolute atomic E-state index is 5.70. The molecule has 0 N–H and O–H groups in total. The Bertz CT molecular complexity index is 2760. The number of hydrogen-bond acceptors (Lipinski definition) is 2. The molecule has 7 aromatic carbocycles. The summed E-state index contributed by atoms with van der Waals surface area (Å²) in [5.41, 5.74) is 15.6. The number of nitrogens with zero attached hydrogens (tertiary/aromatic N) is 2. The zero-order chi connectivity index (χ0) is 36.3. The molecule has 0 bridgehead atoms. The van der Waals surface area contributed by atoms with E-state index in [4.69, 9.17) is 9.97 Å².